The van der Waals surface area contributed by atoms with E-state index < -0.39 is 0 Å². The molecule has 0 saturated carbocycles. The zero-order valence-corrected chi connectivity index (χ0v) is 16.2. The zero-order valence-electron chi connectivity index (χ0n) is 16.2. The van der Waals surface area contributed by atoms with Crippen molar-refractivity contribution in [2.75, 3.05) is 52.4 Å². The quantitative estimate of drug-likeness (QED) is 0.736. The number of ether oxygens (including phenoxy) is 1. The maximum atomic E-state index is 12.8. The molecule has 0 aromatic carbocycles. The van der Waals surface area contributed by atoms with Crippen LogP contribution in [0.15, 0.2) is 0 Å². The van der Waals surface area contributed by atoms with Gasteiger partial charge in [-0.1, -0.05) is 6.92 Å². The first-order valence-electron chi connectivity index (χ1n) is 9.58. The summed E-state index contributed by atoms with van der Waals surface area (Å²) in [6.45, 7) is 13.9. The normalized spacial score (nSPS) is 27.1. The zero-order chi connectivity index (χ0) is 18.4. The van der Waals surface area contributed by atoms with Gasteiger partial charge >= 0.3 is 0 Å². The van der Waals surface area contributed by atoms with Crippen LogP contribution in [-0.4, -0.2) is 97.1 Å². The van der Waals surface area contributed by atoms with Crippen LogP contribution in [0.4, 0.5) is 0 Å². The number of piperazine rings is 1. The Balaban J connectivity index is 1.77. The third kappa shape index (κ3) is 5.94. The third-order valence-electron chi connectivity index (χ3n) is 4.98. The molecule has 1 N–H and O–H groups in total. The van der Waals surface area contributed by atoms with E-state index in [9.17, 15) is 9.59 Å². The second kappa shape index (κ2) is 9.50. The average Bonchev–Trinajstić information content (AvgIpc) is 2.58. The summed E-state index contributed by atoms with van der Waals surface area (Å²) < 4.78 is 5.72. The SMILES string of the molecule is CCCNC(=O)CN1CCN(C(C)C(=O)N2CC(C)OC(C)C2)CC1. The Morgan fingerprint density at radius 2 is 1.72 bits per heavy atom. The molecule has 144 valence electrons. The van der Waals surface area contributed by atoms with Gasteiger partial charge in [0.15, 0.2) is 0 Å². The van der Waals surface area contributed by atoms with E-state index in [0.717, 1.165) is 39.1 Å². The van der Waals surface area contributed by atoms with Gasteiger partial charge in [0.05, 0.1) is 24.8 Å². The molecule has 3 unspecified atom stereocenters. The molecule has 3 atom stereocenters. The minimum atomic E-state index is -0.117. The number of hydrogen-bond acceptors (Lipinski definition) is 5. The number of carbonyl (C=O) groups excluding carboxylic acids is 2. The molecular weight excluding hydrogens is 320 g/mol. The largest absolute Gasteiger partial charge is 0.372 e. The molecule has 0 aromatic rings. The maximum absolute atomic E-state index is 12.8. The molecule has 2 amide bonds. The molecule has 7 heteroatoms. The lowest BCUT2D eigenvalue weighted by atomic mass is 10.1. The van der Waals surface area contributed by atoms with Gasteiger partial charge < -0.3 is 15.0 Å². The molecule has 2 fully saturated rings. The Bertz CT molecular complexity index is 442. The Hall–Kier alpha value is -1.18. The summed E-state index contributed by atoms with van der Waals surface area (Å²) in [5.74, 6) is 0.284. The van der Waals surface area contributed by atoms with Gasteiger partial charge in [0.25, 0.3) is 0 Å². The van der Waals surface area contributed by atoms with Crippen molar-refractivity contribution in [3.63, 3.8) is 0 Å². The molecule has 7 nitrogen and oxygen atoms in total. The first kappa shape index (κ1) is 20.1. The second-order valence-corrected chi connectivity index (χ2v) is 7.34. The van der Waals surface area contributed by atoms with Gasteiger partial charge in [-0.05, 0) is 27.2 Å². The van der Waals surface area contributed by atoms with E-state index in [1.54, 1.807) is 0 Å². The van der Waals surface area contributed by atoms with E-state index in [4.69, 9.17) is 4.74 Å². The van der Waals surface area contributed by atoms with E-state index >= 15 is 0 Å². The fraction of sp³-hybridized carbons (Fsp3) is 0.889. The van der Waals surface area contributed by atoms with Crippen LogP contribution in [0.1, 0.15) is 34.1 Å². The van der Waals surface area contributed by atoms with Crippen molar-refractivity contribution in [3.05, 3.63) is 0 Å². The van der Waals surface area contributed by atoms with Gasteiger partial charge in [0.2, 0.25) is 11.8 Å². The number of amides is 2. The Morgan fingerprint density at radius 1 is 1.12 bits per heavy atom. The van der Waals surface area contributed by atoms with E-state index in [2.05, 4.69) is 15.1 Å². The predicted molar refractivity (Wildman–Crippen MR) is 97.4 cm³/mol. The van der Waals surface area contributed by atoms with Gasteiger partial charge in [0.1, 0.15) is 0 Å². The molecule has 25 heavy (non-hydrogen) atoms. The van der Waals surface area contributed by atoms with Gasteiger partial charge in [-0.15, -0.1) is 0 Å². The maximum Gasteiger partial charge on any atom is 0.239 e. The Morgan fingerprint density at radius 3 is 2.28 bits per heavy atom. The van der Waals surface area contributed by atoms with E-state index in [1.165, 1.54) is 0 Å². The van der Waals surface area contributed by atoms with Crippen LogP contribution in [0.25, 0.3) is 0 Å². The highest BCUT2D eigenvalue weighted by Crippen LogP contribution is 2.15. The van der Waals surface area contributed by atoms with Crippen LogP contribution in [-0.2, 0) is 14.3 Å². The van der Waals surface area contributed by atoms with Crippen LogP contribution in [0.3, 0.4) is 0 Å². The lowest BCUT2D eigenvalue weighted by Crippen LogP contribution is -2.58. The summed E-state index contributed by atoms with van der Waals surface area (Å²) in [4.78, 5) is 31.0. The number of hydrogen-bond donors (Lipinski definition) is 1. The van der Waals surface area contributed by atoms with Crippen molar-refractivity contribution >= 4 is 11.8 Å². The second-order valence-electron chi connectivity index (χ2n) is 7.34. The van der Waals surface area contributed by atoms with Crippen LogP contribution in [0.2, 0.25) is 0 Å². The minimum absolute atomic E-state index is 0.0933. The molecule has 2 saturated heterocycles. The van der Waals surface area contributed by atoms with E-state index in [-0.39, 0.29) is 30.1 Å². The highest BCUT2D eigenvalue weighted by Gasteiger charge is 2.32. The van der Waals surface area contributed by atoms with Crippen LogP contribution < -0.4 is 5.32 Å². The molecule has 2 aliphatic heterocycles. The monoisotopic (exact) mass is 354 g/mol. The highest BCUT2D eigenvalue weighted by molar-refractivity contribution is 5.81. The fourth-order valence-electron chi connectivity index (χ4n) is 3.61. The molecule has 2 aliphatic rings. The first-order valence-corrected chi connectivity index (χ1v) is 9.58. The van der Waals surface area contributed by atoms with Crippen molar-refractivity contribution < 1.29 is 14.3 Å². The molecule has 0 radical (unpaired) electrons. The van der Waals surface area contributed by atoms with Crippen LogP contribution >= 0.6 is 0 Å². The lowest BCUT2D eigenvalue weighted by molar-refractivity contribution is -0.149. The predicted octanol–water partition coefficient (Wildman–Crippen LogP) is 0.155. The van der Waals surface area contributed by atoms with Gasteiger partial charge in [-0.25, -0.2) is 0 Å². The average molecular weight is 354 g/mol. The van der Waals surface area contributed by atoms with Gasteiger partial charge in [0, 0.05) is 45.8 Å². The number of morpholine rings is 1. The first-order chi connectivity index (χ1) is 11.9. The lowest BCUT2D eigenvalue weighted by Gasteiger charge is -2.41. The van der Waals surface area contributed by atoms with E-state index in [1.807, 2.05) is 32.6 Å². The summed E-state index contributed by atoms with van der Waals surface area (Å²) in [5, 5.41) is 2.92. The van der Waals surface area contributed by atoms with E-state index in [0.29, 0.717) is 19.6 Å². The summed E-state index contributed by atoms with van der Waals surface area (Å²) in [6, 6.07) is -0.117. The third-order valence-corrected chi connectivity index (χ3v) is 4.98. The molecule has 0 bridgehead atoms. The van der Waals surface area contributed by atoms with Crippen molar-refractivity contribution in [1.29, 1.82) is 0 Å². The van der Waals surface area contributed by atoms with Crippen molar-refractivity contribution in [2.24, 2.45) is 0 Å². The van der Waals surface area contributed by atoms with Crippen molar-refractivity contribution in [3.8, 4) is 0 Å². The number of nitrogens with one attached hydrogen (secondary N) is 1. The standard InChI is InChI=1S/C18H34N4O3/c1-5-6-19-17(23)13-20-7-9-21(10-8-20)16(4)18(24)22-11-14(2)25-15(3)12-22/h14-16H,5-13H2,1-4H3,(H,19,23). The van der Waals surface area contributed by atoms with Gasteiger partial charge in [-0.3, -0.25) is 19.4 Å². The minimum Gasteiger partial charge on any atom is -0.372 e. The number of rotatable bonds is 6. The Labute approximate surface area is 151 Å². The molecule has 2 rings (SSSR count). The van der Waals surface area contributed by atoms with Crippen LogP contribution in [0.5, 0.6) is 0 Å². The van der Waals surface area contributed by atoms with Crippen molar-refractivity contribution in [1.82, 2.24) is 20.0 Å². The number of nitrogens with zero attached hydrogens (tertiary/aromatic N) is 3. The van der Waals surface area contributed by atoms with Crippen LogP contribution in [0, 0.1) is 0 Å². The van der Waals surface area contributed by atoms with Gasteiger partial charge in [-0.2, -0.15) is 0 Å². The summed E-state index contributed by atoms with van der Waals surface area (Å²) in [6.07, 6.45) is 1.15. The summed E-state index contributed by atoms with van der Waals surface area (Å²) in [7, 11) is 0. The topological polar surface area (TPSA) is 65.1 Å². The molecule has 0 aliphatic carbocycles. The highest BCUT2D eigenvalue weighted by atomic mass is 16.5. The van der Waals surface area contributed by atoms with Crippen molar-refractivity contribution in [2.45, 2.75) is 52.4 Å². The molecular formula is C18H34N4O3. The fourth-order valence-corrected chi connectivity index (χ4v) is 3.61. The Kier molecular flexibility index (Phi) is 7.65. The summed E-state index contributed by atoms with van der Waals surface area (Å²) >= 11 is 0. The number of carbonyl (C=O) groups is 2. The summed E-state index contributed by atoms with van der Waals surface area (Å²) in [5.41, 5.74) is 0. The smallest absolute Gasteiger partial charge is 0.239 e. The molecule has 0 aromatic heterocycles. The molecule has 0 spiro atoms. The molecule has 2 heterocycles.